The number of halogens is 3. The number of phenolic OH excluding ortho intramolecular Hbond substituents is 1. The fourth-order valence-electron chi connectivity index (χ4n) is 0.744. The lowest BCUT2D eigenvalue weighted by atomic mass is 10.2. The number of quaternary nitrogens is 1. The summed E-state index contributed by atoms with van der Waals surface area (Å²) < 4.78 is 29.0. The van der Waals surface area contributed by atoms with Gasteiger partial charge in [0, 0.05) is 0 Å². The van der Waals surface area contributed by atoms with E-state index in [1.807, 2.05) is 0 Å². The summed E-state index contributed by atoms with van der Waals surface area (Å²) in [7, 11) is 3.35. The highest BCUT2D eigenvalue weighted by Gasteiger charge is 2.02. The molecular formula is C9H10F3NO2. The first-order chi connectivity index (χ1) is 6.97. The van der Waals surface area contributed by atoms with E-state index in [9.17, 15) is 18.0 Å². The highest BCUT2D eigenvalue weighted by molar-refractivity contribution is 5.86. The summed E-state index contributed by atoms with van der Waals surface area (Å²) in [5.41, 5.74) is 0.540. The van der Waals surface area contributed by atoms with Gasteiger partial charge in [0.05, 0.1) is 5.56 Å². The molecule has 1 aromatic carbocycles. The summed E-state index contributed by atoms with van der Waals surface area (Å²) >= 11 is 0. The number of amides is 1. The Kier molecular flexibility index (Phi) is 6.12. The number of rotatable bonds is 1. The molecule has 0 aromatic heterocycles. The van der Waals surface area contributed by atoms with Crippen molar-refractivity contribution in [3.8, 4) is 5.75 Å². The van der Waals surface area contributed by atoms with Gasteiger partial charge in [0.15, 0.2) is 0 Å². The molecule has 0 aliphatic heterocycles. The lowest BCUT2D eigenvalue weighted by Crippen LogP contribution is -2.81. The third-order valence-electron chi connectivity index (χ3n) is 1.34. The maximum Gasteiger partial charge on any atom is 0.379 e. The molecule has 0 atom stereocenters. The molecule has 0 aliphatic carbocycles. The molecular weight excluding hydrogens is 211 g/mol. The molecule has 1 amide bonds. The van der Waals surface area contributed by atoms with Crippen molar-refractivity contribution in [1.29, 1.82) is 0 Å². The molecule has 15 heavy (non-hydrogen) atoms. The molecule has 3 nitrogen and oxygen atoms in total. The van der Waals surface area contributed by atoms with E-state index in [1.54, 1.807) is 12.1 Å². The number of nitrogens with two attached hydrogens (primary N) is 1. The normalized spacial score (nSPS) is 9.40. The van der Waals surface area contributed by atoms with E-state index < -0.39 is 6.68 Å². The van der Waals surface area contributed by atoms with Crippen LogP contribution < -0.4 is 5.32 Å². The predicted octanol–water partition coefficient (Wildman–Crippen LogP) is 1.07. The molecule has 1 aromatic rings. The van der Waals surface area contributed by atoms with Gasteiger partial charge >= 0.3 is 12.6 Å². The number of carbonyl (C=O) groups excluding carboxylic acids is 1. The van der Waals surface area contributed by atoms with Crippen molar-refractivity contribution in [2.24, 2.45) is 0 Å². The second kappa shape index (κ2) is 6.83. The van der Waals surface area contributed by atoms with Gasteiger partial charge in [-0.05, 0) is 24.3 Å². The van der Waals surface area contributed by atoms with Gasteiger partial charge in [0.1, 0.15) is 5.75 Å². The molecule has 0 saturated carbocycles. The highest BCUT2D eigenvalue weighted by atomic mass is 19.4. The average Bonchev–Trinajstić information content (AvgIpc) is 2.17. The summed E-state index contributed by atoms with van der Waals surface area (Å²) in [6, 6.07) is 6.05. The molecule has 0 bridgehead atoms. The van der Waals surface area contributed by atoms with Gasteiger partial charge < -0.3 is 10.4 Å². The van der Waals surface area contributed by atoms with Crippen LogP contribution in [0, 0.1) is 7.05 Å². The third kappa shape index (κ3) is 6.50. The summed E-state index contributed by atoms with van der Waals surface area (Å²) in [5, 5.41) is 10.1. The molecule has 3 N–H and O–H groups in total. The maximum atomic E-state index is 10.9. The van der Waals surface area contributed by atoms with Crippen LogP contribution in [0.15, 0.2) is 24.3 Å². The SMILES string of the molecule is FC(F)F.[CH2-][NH2+]C(=O)c1ccc(O)cc1. The Morgan fingerprint density at radius 1 is 1.27 bits per heavy atom. The minimum Gasteiger partial charge on any atom is -0.508 e. The number of aromatic hydroxyl groups is 1. The van der Waals surface area contributed by atoms with Crippen molar-refractivity contribution in [2.45, 2.75) is 6.68 Å². The highest BCUT2D eigenvalue weighted by Crippen LogP contribution is 2.08. The van der Waals surface area contributed by atoms with Crippen molar-refractivity contribution >= 4 is 5.91 Å². The molecule has 0 radical (unpaired) electrons. The summed E-state index contributed by atoms with van der Waals surface area (Å²) in [6.45, 7) is -3.67. The predicted molar refractivity (Wildman–Crippen MR) is 46.8 cm³/mol. The lowest BCUT2D eigenvalue weighted by molar-refractivity contribution is -0.489. The third-order valence-corrected chi connectivity index (χ3v) is 1.34. The second-order valence-electron chi connectivity index (χ2n) is 2.36. The van der Waals surface area contributed by atoms with E-state index in [2.05, 4.69) is 7.05 Å². The first-order valence-electron chi connectivity index (χ1n) is 3.85. The van der Waals surface area contributed by atoms with Crippen molar-refractivity contribution in [2.75, 3.05) is 0 Å². The van der Waals surface area contributed by atoms with Crippen LogP contribution in [0.3, 0.4) is 0 Å². The number of phenols is 1. The number of benzene rings is 1. The minimum absolute atomic E-state index is 0.134. The summed E-state index contributed by atoms with van der Waals surface area (Å²) in [6.07, 6.45) is 0. The zero-order chi connectivity index (χ0) is 11.8. The van der Waals surface area contributed by atoms with Gasteiger partial charge in [-0.15, -0.1) is 7.05 Å². The topological polar surface area (TPSA) is 53.9 Å². The first-order valence-corrected chi connectivity index (χ1v) is 3.85. The van der Waals surface area contributed by atoms with Crippen LogP contribution in [0.25, 0.3) is 0 Å². The molecule has 0 heterocycles. The van der Waals surface area contributed by atoms with Gasteiger partial charge in [0.2, 0.25) is 0 Å². The molecule has 0 spiro atoms. The molecule has 0 fully saturated rings. The Hall–Kier alpha value is -1.56. The van der Waals surface area contributed by atoms with E-state index in [4.69, 9.17) is 5.11 Å². The van der Waals surface area contributed by atoms with Crippen LogP contribution in [0.1, 0.15) is 10.4 Å². The van der Waals surface area contributed by atoms with Crippen LogP contribution in [-0.2, 0) is 0 Å². The summed E-state index contributed by atoms with van der Waals surface area (Å²) in [4.78, 5) is 10.9. The van der Waals surface area contributed by atoms with E-state index in [0.29, 0.717) is 5.56 Å². The van der Waals surface area contributed by atoms with Crippen LogP contribution in [-0.4, -0.2) is 17.7 Å². The second-order valence-corrected chi connectivity index (χ2v) is 2.36. The monoisotopic (exact) mass is 221 g/mol. The van der Waals surface area contributed by atoms with Gasteiger partial charge in [-0.3, -0.25) is 0 Å². The van der Waals surface area contributed by atoms with Crippen LogP contribution >= 0.6 is 0 Å². The Morgan fingerprint density at radius 3 is 2.00 bits per heavy atom. The average molecular weight is 221 g/mol. The van der Waals surface area contributed by atoms with E-state index >= 15 is 0 Å². The molecule has 1 rings (SSSR count). The van der Waals surface area contributed by atoms with E-state index in [0.717, 1.165) is 0 Å². The van der Waals surface area contributed by atoms with Crippen molar-refractivity contribution in [3.05, 3.63) is 36.9 Å². The maximum absolute atomic E-state index is 10.9. The molecule has 0 saturated heterocycles. The van der Waals surface area contributed by atoms with E-state index in [-0.39, 0.29) is 11.7 Å². The Bertz CT molecular complexity index is 298. The molecule has 0 unspecified atom stereocenters. The van der Waals surface area contributed by atoms with Crippen LogP contribution in [0.4, 0.5) is 13.2 Å². The Labute approximate surface area is 84.5 Å². The van der Waals surface area contributed by atoms with Gasteiger partial charge in [0.25, 0.3) is 0 Å². The molecule has 0 aliphatic rings. The first kappa shape index (κ1) is 13.4. The fourth-order valence-corrected chi connectivity index (χ4v) is 0.744. The zero-order valence-corrected chi connectivity index (χ0v) is 7.66. The number of hydrogen-bond donors (Lipinski definition) is 2. The Morgan fingerprint density at radius 2 is 1.67 bits per heavy atom. The lowest BCUT2D eigenvalue weighted by Gasteiger charge is -1.97. The van der Waals surface area contributed by atoms with Gasteiger partial charge in [-0.2, -0.15) is 13.2 Å². The van der Waals surface area contributed by atoms with Crippen molar-refractivity contribution in [3.63, 3.8) is 0 Å². The number of primary amides is 1. The zero-order valence-electron chi connectivity index (χ0n) is 7.66. The van der Waals surface area contributed by atoms with Crippen LogP contribution in [0.2, 0.25) is 0 Å². The quantitative estimate of drug-likeness (QED) is 0.697. The van der Waals surface area contributed by atoms with E-state index in [1.165, 1.54) is 17.4 Å². The fraction of sp³-hybridized carbons (Fsp3) is 0.111. The van der Waals surface area contributed by atoms with Crippen LogP contribution in [0.5, 0.6) is 5.75 Å². The largest absolute Gasteiger partial charge is 0.508 e. The summed E-state index contributed by atoms with van der Waals surface area (Å²) in [5.74, 6) is 0.0237. The van der Waals surface area contributed by atoms with Crippen molar-refractivity contribution < 1.29 is 28.4 Å². The van der Waals surface area contributed by atoms with Gasteiger partial charge in [-0.1, -0.05) is 0 Å². The number of carbonyl (C=O) groups is 1. The standard InChI is InChI=1S/C8H9NO2.CHF3/c1-9-8(11)6-2-4-7(10)5-3-6;2-1(3)4/h2-5,10H,1,9H2;1H. The molecule has 84 valence electrons. The molecule has 6 heteroatoms. The minimum atomic E-state index is -3.67. The van der Waals surface area contributed by atoms with Gasteiger partial charge in [-0.25, -0.2) is 4.79 Å². The smallest absolute Gasteiger partial charge is 0.379 e. The number of hydrogen-bond acceptors (Lipinski definition) is 2. The van der Waals surface area contributed by atoms with Crippen molar-refractivity contribution in [1.82, 2.24) is 0 Å². The Balaban J connectivity index is 0.000000423. The number of alkyl halides is 3.